The summed E-state index contributed by atoms with van der Waals surface area (Å²) < 4.78 is 5.93. The highest BCUT2D eigenvalue weighted by Crippen LogP contribution is 2.41. The van der Waals surface area contributed by atoms with Crippen LogP contribution in [0.25, 0.3) is 0 Å². The van der Waals surface area contributed by atoms with Crippen LogP contribution < -0.4 is 19.4 Å². The molecule has 3 aliphatic heterocycles. The Bertz CT molecular complexity index is 1330. The summed E-state index contributed by atoms with van der Waals surface area (Å²) in [6.07, 6.45) is 4.86. The lowest BCUT2D eigenvalue weighted by molar-refractivity contribution is 0.331. The summed E-state index contributed by atoms with van der Waals surface area (Å²) in [4.78, 5) is 22.7. The number of rotatable bonds is 6. The molecule has 3 aromatic rings. The van der Waals surface area contributed by atoms with Crippen molar-refractivity contribution in [2.24, 2.45) is 0 Å². The summed E-state index contributed by atoms with van der Waals surface area (Å²) >= 11 is 1.90. The van der Waals surface area contributed by atoms with Gasteiger partial charge in [-0.2, -0.15) is 10.2 Å². The third-order valence-electron chi connectivity index (χ3n) is 7.74. The van der Waals surface area contributed by atoms with Crippen LogP contribution in [0.2, 0.25) is 0 Å². The lowest BCUT2D eigenvalue weighted by atomic mass is 9.89. The highest BCUT2D eigenvalue weighted by molar-refractivity contribution is 7.99. The number of hydrogen-bond acceptors (Lipinski definition) is 9. The second-order valence-corrected chi connectivity index (χ2v) is 11.0. The van der Waals surface area contributed by atoms with Crippen molar-refractivity contribution in [2.45, 2.75) is 37.0 Å². The smallest absolute Gasteiger partial charge is 0.227 e. The minimum atomic E-state index is 0.487. The molecule has 38 heavy (non-hydrogen) atoms. The minimum absolute atomic E-state index is 0.487. The zero-order valence-electron chi connectivity index (χ0n) is 21.8. The Morgan fingerprint density at radius 1 is 0.974 bits per heavy atom. The fourth-order valence-electron chi connectivity index (χ4n) is 5.79. The number of fused-ring (bicyclic) bond motifs is 1. The number of benzene rings is 1. The first-order valence-corrected chi connectivity index (χ1v) is 14.6. The number of thioether (sulfide) groups is 1. The molecular weight excluding hydrogens is 494 g/mol. The van der Waals surface area contributed by atoms with Crippen LogP contribution in [0.15, 0.2) is 47.5 Å². The van der Waals surface area contributed by atoms with Crippen molar-refractivity contribution in [3.05, 3.63) is 59.5 Å². The van der Waals surface area contributed by atoms with Crippen molar-refractivity contribution in [3.8, 4) is 11.8 Å². The van der Waals surface area contributed by atoms with E-state index in [0.29, 0.717) is 18.2 Å². The molecule has 0 atom stereocenters. The summed E-state index contributed by atoms with van der Waals surface area (Å²) in [5.74, 6) is 4.57. The van der Waals surface area contributed by atoms with Crippen molar-refractivity contribution < 1.29 is 4.74 Å². The standard InChI is InChI=1S/C29H33N7OS/c1-2-37-26-8-4-3-6-22(26)21-9-13-35(14-10-21)28-27-23(11-19-38-27)32-29(33-28)36-17-15-34(16-18-36)25-7-5-12-31-24(25)20-30/h3-8,12,21H,2,9-11,13-19H2,1H3. The number of nitrogens with zero attached hydrogens (tertiary/aromatic N) is 7. The molecule has 2 aromatic heterocycles. The third-order valence-corrected chi connectivity index (χ3v) is 8.86. The van der Waals surface area contributed by atoms with E-state index in [2.05, 4.69) is 50.0 Å². The van der Waals surface area contributed by atoms with E-state index in [-0.39, 0.29) is 0 Å². The van der Waals surface area contributed by atoms with Gasteiger partial charge in [-0.1, -0.05) is 18.2 Å². The molecule has 0 spiro atoms. The summed E-state index contributed by atoms with van der Waals surface area (Å²) in [5, 5.41) is 9.46. The molecule has 8 nitrogen and oxygen atoms in total. The third kappa shape index (κ3) is 4.85. The molecule has 0 saturated carbocycles. The topological polar surface area (TPSA) is 81.4 Å². The monoisotopic (exact) mass is 527 g/mol. The second kappa shape index (κ2) is 11.1. The molecule has 0 bridgehead atoms. The summed E-state index contributed by atoms with van der Waals surface area (Å²) in [6.45, 7) is 7.99. The van der Waals surface area contributed by atoms with Gasteiger partial charge in [0.1, 0.15) is 17.6 Å². The molecular formula is C29H33N7OS. The number of piperidine rings is 1. The van der Waals surface area contributed by atoms with Gasteiger partial charge in [-0.15, -0.1) is 11.8 Å². The predicted molar refractivity (Wildman–Crippen MR) is 152 cm³/mol. The molecule has 5 heterocycles. The highest BCUT2D eigenvalue weighted by Gasteiger charge is 2.30. The van der Waals surface area contributed by atoms with Gasteiger partial charge in [-0.05, 0) is 49.4 Å². The Balaban J connectivity index is 1.17. The highest BCUT2D eigenvalue weighted by atomic mass is 32.2. The number of aryl methyl sites for hydroxylation is 1. The van der Waals surface area contributed by atoms with Gasteiger partial charge in [0.05, 0.1) is 22.9 Å². The first-order chi connectivity index (χ1) is 18.7. The Hall–Kier alpha value is -3.51. The molecule has 0 unspecified atom stereocenters. The van der Waals surface area contributed by atoms with Crippen LogP contribution in [0.1, 0.15) is 42.6 Å². The summed E-state index contributed by atoms with van der Waals surface area (Å²) in [5.41, 5.74) is 3.93. The van der Waals surface area contributed by atoms with Gasteiger partial charge in [-0.3, -0.25) is 0 Å². The number of pyridine rings is 1. The number of para-hydroxylation sites is 1. The fourth-order valence-corrected chi connectivity index (χ4v) is 6.90. The van der Waals surface area contributed by atoms with Gasteiger partial charge in [0, 0.05) is 57.6 Å². The molecule has 0 amide bonds. The number of nitriles is 1. The Labute approximate surface area is 228 Å². The van der Waals surface area contributed by atoms with E-state index in [9.17, 15) is 5.26 Å². The molecule has 1 aromatic carbocycles. The van der Waals surface area contributed by atoms with Crippen LogP contribution in [0.5, 0.6) is 5.75 Å². The van der Waals surface area contributed by atoms with E-state index in [1.165, 1.54) is 16.2 Å². The van der Waals surface area contributed by atoms with E-state index >= 15 is 0 Å². The minimum Gasteiger partial charge on any atom is -0.494 e. The van der Waals surface area contributed by atoms with Gasteiger partial charge in [0.15, 0.2) is 5.69 Å². The van der Waals surface area contributed by atoms with Crippen molar-refractivity contribution in [2.75, 3.05) is 66.3 Å². The molecule has 9 heteroatoms. The summed E-state index contributed by atoms with van der Waals surface area (Å²) in [6, 6.07) is 14.6. The predicted octanol–water partition coefficient (Wildman–Crippen LogP) is 4.50. The van der Waals surface area contributed by atoms with Gasteiger partial charge >= 0.3 is 0 Å². The normalized spacial score (nSPS) is 17.8. The summed E-state index contributed by atoms with van der Waals surface area (Å²) in [7, 11) is 0. The van der Waals surface area contributed by atoms with E-state index in [1.54, 1.807) is 6.20 Å². The molecule has 0 N–H and O–H groups in total. The van der Waals surface area contributed by atoms with Crippen molar-refractivity contribution in [1.82, 2.24) is 15.0 Å². The number of anilines is 3. The zero-order valence-corrected chi connectivity index (χ0v) is 22.7. The maximum atomic E-state index is 9.46. The molecule has 0 radical (unpaired) electrons. The average molecular weight is 528 g/mol. The van der Waals surface area contributed by atoms with E-state index in [0.717, 1.165) is 87.5 Å². The van der Waals surface area contributed by atoms with Gasteiger partial charge < -0.3 is 19.4 Å². The first-order valence-electron chi connectivity index (χ1n) is 13.6. The Morgan fingerprint density at radius 2 is 1.76 bits per heavy atom. The number of hydrogen-bond donors (Lipinski definition) is 0. The van der Waals surface area contributed by atoms with Gasteiger partial charge in [0.2, 0.25) is 5.95 Å². The van der Waals surface area contributed by atoms with E-state index in [1.807, 2.05) is 30.8 Å². The first kappa shape index (κ1) is 24.8. The van der Waals surface area contributed by atoms with Crippen LogP contribution >= 0.6 is 11.8 Å². The van der Waals surface area contributed by atoms with Crippen LogP contribution in [0.4, 0.5) is 17.5 Å². The van der Waals surface area contributed by atoms with Gasteiger partial charge in [0.25, 0.3) is 0 Å². The van der Waals surface area contributed by atoms with Crippen molar-refractivity contribution in [1.29, 1.82) is 5.26 Å². The lowest BCUT2D eigenvalue weighted by Gasteiger charge is -2.37. The number of aromatic nitrogens is 3. The molecule has 6 rings (SSSR count). The number of piperazine rings is 1. The lowest BCUT2D eigenvalue weighted by Crippen LogP contribution is -2.47. The molecule has 3 aliphatic rings. The molecule has 2 saturated heterocycles. The van der Waals surface area contributed by atoms with Crippen molar-refractivity contribution in [3.63, 3.8) is 0 Å². The quantitative estimate of drug-likeness (QED) is 0.460. The van der Waals surface area contributed by atoms with Crippen LogP contribution in [0, 0.1) is 11.3 Å². The van der Waals surface area contributed by atoms with Crippen LogP contribution in [-0.4, -0.2) is 66.6 Å². The largest absolute Gasteiger partial charge is 0.494 e. The van der Waals surface area contributed by atoms with Crippen LogP contribution in [0.3, 0.4) is 0 Å². The molecule has 196 valence electrons. The molecule has 0 aliphatic carbocycles. The Kier molecular flexibility index (Phi) is 7.23. The molecule has 2 fully saturated rings. The maximum Gasteiger partial charge on any atom is 0.227 e. The Morgan fingerprint density at radius 3 is 2.55 bits per heavy atom. The SMILES string of the molecule is CCOc1ccccc1C1CCN(c2nc(N3CCN(c4cccnc4C#N)CC3)nc3c2SCC3)CC1. The maximum absolute atomic E-state index is 9.46. The van der Waals surface area contributed by atoms with Gasteiger partial charge in [-0.25, -0.2) is 9.97 Å². The number of ether oxygens (including phenoxy) is 1. The van der Waals surface area contributed by atoms with E-state index < -0.39 is 0 Å². The van der Waals surface area contributed by atoms with E-state index in [4.69, 9.17) is 14.7 Å². The van der Waals surface area contributed by atoms with Crippen LogP contribution in [-0.2, 0) is 6.42 Å². The average Bonchev–Trinajstić information content (AvgIpc) is 3.46. The fraction of sp³-hybridized carbons (Fsp3) is 0.448. The zero-order chi connectivity index (χ0) is 25.9. The second-order valence-electron chi connectivity index (χ2n) is 9.91. The van der Waals surface area contributed by atoms with Crippen molar-refractivity contribution >= 4 is 29.2 Å².